The Kier molecular flexibility index (Phi) is 4.94. The Balaban J connectivity index is 1.70. The van der Waals surface area contributed by atoms with E-state index in [0.717, 1.165) is 28.0 Å². The van der Waals surface area contributed by atoms with Crippen molar-refractivity contribution < 1.29 is 9.53 Å². The van der Waals surface area contributed by atoms with Gasteiger partial charge in [0, 0.05) is 40.0 Å². The summed E-state index contributed by atoms with van der Waals surface area (Å²) in [6, 6.07) is 13.1. The maximum Gasteiger partial charge on any atom is 0.184 e. The van der Waals surface area contributed by atoms with E-state index in [0.29, 0.717) is 28.6 Å². The lowest BCUT2D eigenvalue weighted by atomic mass is 9.93. The summed E-state index contributed by atoms with van der Waals surface area (Å²) in [5, 5.41) is 0.648. The largest absolute Gasteiger partial charge is 0.455 e. The van der Waals surface area contributed by atoms with Crippen LogP contribution in [0.5, 0.6) is 11.5 Å². The molecule has 2 heterocycles. The van der Waals surface area contributed by atoms with E-state index >= 15 is 0 Å². The molecule has 28 heavy (non-hydrogen) atoms. The number of aromatic nitrogens is 1. The van der Waals surface area contributed by atoms with Crippen molar-refractivity contribution in [2.24, 2.45) is 10.7 Å². The third kappa shape index (κ3) is 3.42. The molecular formula is C22H18ClN3O2. The number of hydrogen-bond acceptors (Lipinski definition) is 5. The quantitative estimate of drug-likeness (QED) is 0.712. The first-order valence-electron chi connectivity index (χ1n) is 8.86. The van der Waals surface area contributed by atoms with E-state index in [9.17, 15) is 4.79 Å². The molecule has 0 fully saturated rings. The van der Waals surface area contributed by atoms with Crippen molar-refractivity contribution in [3.8, 4) is 22.6 Å². The molecule has 0 unspecified atom stereocenters. The Hall–Kier alpha value is -3.02. The maximum absolute atomic E-state index is 12.1. The molecule has 5 nitrogen and oxygen atoms in total. The van der Waals surface area contributed by atoms with E-state index in [-0.39, 0.29) is 12.3 Å². The SMILES string of the molecule is Cc1c(Cl)cccc1Oc1cncc(-c2ccc3c(c2)C(CN)=NCC3=O)c1. The van der Waals surface area contributed by atoms with Gasteiger partial charge in [-0.3, -0.25) is 14.8 Å². The predicted octanol–water partition coefficient (Wildman–Crippen LogP) is 4.45. The Morgan fingerprint density at radius 2 is 1.96 bits per heavy atom. The van der Waals surface area contributed by atoms with Gasteiger partial charge in [0.25, 0.3) is 0 Å². The van der Waals surface area contributed by atoms with Gasteiger partial charge >= 0.3 is 0 Å². The fraction of sp³-hybridized carbons (Fsp3) is 0.136. The van der Waals surface area contributed by atoms with Crippen molar-refractivity contribution in [2.75, 3.05) is 13.1 Å². The molecule has 0 bridgehead atoms. The summed E-state index contributed by atoms with van der Waals surface area (Å²) >= 11 is 6.17. The molecule has 2 N–H and O–H groups in total. The molecule has 6 heteroatoms. The number of carbonyl (C=O) groups excluding carboxylic acids is 1. The zero-order chi connectivity index (χ0) is 19.7. The van der Waals surface area contributed by atoms with Crippen molar-refractivity contribution in [1.82, 2.24) is 4.98 Å². The topological polar surface area (TPSA) is 77.6 Å². The van der Waals surface area contributed by atoms with Gasteiger partial charge in [-0.15, -0.1) is 0 Å². The number of hydrogen-bond donors (Lipinski definition) is 1. The first-order chi connectivity index (χ1) is 13.6. The van der Waals surface area contributed by atoms with Gasteiger partial charge in [0.2, 0.25) is 0 Å². The number of Topliss-reactive ketones (excluding diaryl/α,β-unsaturated/α-hetero) is 1. The number of ketones is 1. The fourth-order valence-corrected chi connectivity index (χ4v) is 3.34. The lowest BCUT2D eigenvalue weighted by Gasteiger charge is -2.16. The number of benzene rings is 2. The van der Waals surface area contributed by atoms with E-state index in [2.05, 4.69) is 9.98 Å². The van der Waals surface area contributed by atoms with Crippen LogP contribution < -0.4 is 10.5 Å². The summed E-state index contributed by atoms with van der Waals surface area (Å²) < 4.78 is 5.98. The van der Waals surface area contributed by atoms with E-state index in [4.69, 9.17) is 22.1 Å². The van der Waals surface area contributed by atoms with Crippen molar-refractivity contribution in [3.05, 3.63) is 76.6 Å². The minimum Gasteiger partial charge on any atom is -0.455 e. The summed E-state index contributed by atoms with van der Waals surface area (Å²) in [7, 11) is 0. The summed E-state index contributed by atoms with van der Waals surface area (Å²) in [5.41, 5.74) is 10.6. The van der Waals surface area contributed by atoms with Crippen molar-refractivity contribution >= 4 is 23.1 Å². The molecule has 1 aliphatic heterocycles. The van der Waals surface area contributed by atoms with Crippen LogP contribution in [0, 0.1) is 6.92 Å². The van der Waals surface area contributed by atoms with Crippen LogP contribution in [0.15, 0.2) is 59.9 Å². The number of carbonyl (C=O) groups is 1. The highest BCUT2D eigenvalue weighted by Crippen LogP contribution is 2.32. The third-order valence-electron chi connectivity index (χ3n) is 4.73. The lowest BCUT2D eigenvalue weighted by molar-refractivity contribution is 0.1000. The summed E-state index contributed by atoms with van der Waals surface area (Å²) in [6.45, 7) is 2.35. The number of aliphatic imine (C=N–C) groups is 1. The predicted molar refractivity (Wildman–Crippen MR) is 111 cm³/mol. The number of pyridine rings is 1. The number of ether oxygens (including phenoxy) is 1. The molecule has 0 saturated carbocycles. The van der Waals surface area contributed by atoms with Crippen LogP contribution in [-0.2, 0) is 0 Å². The normalized spacial score (nSPS) is 13.1. The lowest BCUT2D eigenvalue weighted by Crippen LogP contribution is -2.24. The minimum atomic E-state index is 0.00499. The van der Waals surface area contributed by atoms with Crippen LogP contribution in [0.3, 0.4) is 0 Å². The van der Waals surface area contributed by atoms with E-state index < -0.39 is 0 Å². The number of nitrogens with zero attached hydrogens (tertiary/aromatic N) is 2. The molecular weight excluding hydrogens is 374 g/mol. The fourth-order valence-electron chi connectivity index (χ4n) is 3.18. The molecule has 1 aromatic heterocycles. The molecule has 0 atom stereocenters. The second kappa shape index (κ2) is 7.54. The van der Waals surface area contributed by atoms with Gasteiger partial charge in [-0.2, -0.15) is 0 Å². The standard InChI is InChI=1S/C22H18ClN3O2/c1-13-19(23)3-2-4-22(13)28-16-7-15(10-25-11-16)14-5-6-17-18(8-14)20(9-24)26-12-21(17)27/h2-8,10-11H,9,12,24H2,1H3. The summed E-state index contributed by atoms with van der Waals surface area (Å²) in [6.07, 6.45) is 3.40. The van der Waals surface area contributed by atoms with Gasteiger partial charge in [0.05, 0.1) is 11.9 Å². The minimum absolute atomic E-state index is 0.00499. The molecule has 2 aromatic carbocycles. The highest BCUT2D eigenvalue weighted by atomic mass is 35.5. The second-order valence-electron chi connectivity index (χ2n) is 6.52. The smallest absolute Gasteiger partial charge is 0.184 e. The number of halogens is 1. The van der Waals surface area contributed by atoms with Gasteiger partial charge in [-0.25, -0.2) is 0 Å². The van der Waals surface area contributed by atoms with Crippen molar-refractivity contribution in [3.63, 3.8) is 0 Å². The van der Waals surface area contributed by atoms with Crippen molar-refractivity contribution in [1.29, 1.82) is 0 Å². The van der Waals surface area contributed by atoms with Gasteiger partial charge in [-0.05, 0) is 36.8 Å². The monoisotopic (exact) mass is 391 g/mol. The second-order valence-corrected chi connectivity index (χ2v) is 6.93. The Labute approximate surface area is 167 Å². The zero-order valence-corrected chi connectivity index (χ0v) is 16.0. The van der Waals surface area contributed by atoms with Crippen LogP contribution in [-0.4, -0.2) is 29.6 Å². The van der Waals surface area contributed by atoms with E-state index in [1.165, 1.54) is 0 Å². The molecule has 0 amide bonds. The summed E-state index contributed by atoms with van der Waals surface area (Å²) in [4.78, 5) is 20.7. The van der Waals surface area contributed by atoms with E-state index in [1.807, 2.05) is 49.4 Å². The number of nitrogens with two attached hydrogens (primary N) is 1. The number of fused-ring (bicyclic) bond motifs is 1. The van der Waals surface area contributed by atoms with Crippen molar-refractivity contribution in [2.45, 2.75) is 6.92 Å². The molecule has 0 spiro atoms. The molecule has 0 radical (unpaired) electrons. The van der Waals surface area contributed by atoms with Gasteiger partial charge < -0.3 is 10.5 Å². The van der Waals surface area contributed by atoms with Gasteiger partial charge in [0.15, 0.2) is 5.78 Å². The third-order valence-corrected chi connectivity index (χ3v) is 5.14. The highest BCUT2D eigenvalue weighted by Gasteiger charge is 2.20. The molecule has 0 saturated heterocycles. The average molecular weight is 392 g/mol. The Morgan fingerprint density at radius 1 is 1.11 bits per heavy atom. The number of rotatable bonds is 4. The maximum atomic E-state index is 12.1. The van der Waals surface area contributed by atoms with E-state index in [1.54, 1.807) is 12.4 Å². The van der Waals surface area contributed by atoms with Crippen LogP contribution in [0.2, 0.25) is 5.02 Å². The molecule has 0 aliphatic carbocycles. The van der Waals surface area contributed by atoms with Crippen LogP contribution in [0.1, 0.15) is 21.5 Å². The first-order valence-corrected chi connectivity index (χ1v) is 9.24. The molecule has 1 aliphatic rings. The molecule has 140 valence electrons. The zero-order valence-electron chi connectivity index (χ0n) is 15.3. The Morgan fingerprint density at radius 3 is 2.79 bits per heavy atom. The average Bonchev–Trinajstić information content (AvgIpc) is 2.72. The first kappa shape index (κ1) is 18.3. The van der Waals surface area contributed by atoms with Crippen LogP contribution in [0.4, 0.5) is 0 Å². The molecule has 4 rings (SSSR count). The summed E-state index contributed by atoms with van der Waals surface area (Å²) in [5.74, 6) is 1.29. The Bertz CT molecular complexity index is 1110. The highest BCUT2D eigenvalue weighted by molar-refractivity contribution is 6.31. The van der Waals surface area contributed by atoms with Crippen LogP contribution in [0.25, 0.3) is 11.1 Å². The van der Waals surface area contributed by atoms with Gasteiger partial charge in [0.1, 0.15) is 18.0 Å². The van der Waals surface area contributed by atoms with Gasteiger partial charge in [-0.1, -0.05) is 29.8 Å². The van der Waals surface area contributed by atoms with Crippen LogP contribution >= 0.6 is 11.6 Å². The molecule has 3 aromatic rings.